The average Bonchev–Trinajstić information content (AvgIpc) is 2.56. The lowest BCUT2D eigenvalue weighted by Gasteiger charge is -2.07. The highest BCUT2D eigenvalue weighted by Gasteiger charge is 2.17. The van der Waals surface area contributed by atoms with E-state index in [-0.39, 0.29) is 12.5 Å². The van der Waals surface area contributed by atoms with E-state index in [1.807, 2.05) is 13.8 Å². The summed E-state index contributed by atoms with van der Waals surface area (Å²) in [4.78, 5) is 22.7. The summed E-state index contributed by atoms with van der Waals surface area (Å²) in [5.41, 5.74) is 0. The zero-order valence-electron chi connectivity index (χ0n) is 16.1. The summed E-state index contributed by atoms with van der Waals surface area (Å²) < 4.78 is 9.73. The zero-order chi connectivity index (χ0) is 18.0. The van der Waals surface area contributed by atoms with Crippen molar-refractivity contribution in [1.82, 2.24) is 0 Å². The van der Waals surface area contributed by atoms with Gasteiger partial charge in [-0.1, -0.05) is 91.4 Å². The molecule has 0 fully saturated rings. The Morgan fingerprint density at radius 3 is 1.54 bits per heavy atom. The van der Waals surface area contributed by atoms with Gasteiger partial charge in [-0.25, -0.2) is 9.59 Å². The number of hydrogen-bond donors (Lipinski definition) is 0. The third kappa shape index (κ3) is 15.8. The molecule has 0 aromatic rings. The van der Waals surface area contributed by atoms with Crippen molar-refractivity contribution in [2.75, 3.05) is 13.2 Å². The van der Waals surface area contributed by atoms with Crippen LogP contribution in [0, 0.1) is 5.92 Å². The van der Waals surface area contributed by atoms with E-state index < -0.39 is 11.9 Å². The van der Waals surface area contributed by atoms with Gasteiger partial charge in [0.15, 0.2) is 0 Å². The zero-order valence-corrected chi connectivity index (χ0v) is 16.1. The molecule has 0 N–H and O–H groups in total. The van der Waals surface area contributed by atoms with Crippen molar-refractivity contribution in [2.24, 2.45) is 5.92 Å². The van der Waals surface area contributed by atoms with Gasteiger partial charge in [0.25, 0.3) is 0 Å². The second-order valence-electron chi connectivity index (χ2n) is 7.02. The van der Waals surface area contributed by atoms with Gasteiger partial charge in [0, 0.05) is 0 Å². The molecule has 0 radical (unpaired) electrons. The van der Waals surface area contributed by atoms with Crippen LogP contribution in [-0.2, 0) is 19.1 Å². The van der Waals surface area contributed by atoms with Gasteiger partial charge in [0.1, 0.15) is 0 Å². The van der Waals surface area contributed by atoms with Gasteiger partial charge >= 0.3 is 11.9 Å². The second kappa shape index (κ2) is 16.8. The Bertz CT molecular complexity index is 313. The van der Waals surface area contributed by atoms with Crippen LogP contribution < -0.4 is 0 Å². The Kier molecular flexibility index (Phi) is 16.0. The van der Waals surface area contributed by atoms with Gasteiger partial charge < -0.3 is 9.47 Å². The first-order chi connectivity index (χ1) is 11.6. The predicted molar refractivity (Wildman–Crippen MR) is 97.8 cm³/mol. The van der Waals surface area contributed by atoms with Crippen LogP contribution in [-0.4, -0.2) is 25.2 Å². The third-order valence-corrected chi connectivity index (χ3v) is 3.95. The molecule has 0 saturated heterocycles. The molecule has 0 aliphatic carbocycles. The number of carbonyl (C=O) groups is 2. The van der Waals surface area contributed by atoms with Crippen LogP contribution in [0.2, 0.25) is 0 Å². The summed E-state index contributed by atoms with van der Waals surface area (Å²) in [5.74, 6) is -1.51. The lowest BCUT2D eigenvalue weighted by atomic mass is 10.1. The van der Waals surface area contributed by atoms with E-state index in [1.165, 1.54) is 64.2 Å². The van der Waals surface area contributed by atoms with E-state index in [0.717, 1.165) is 12.8 Å². The van der Waals surface area contributed by atoms with E-state index in [0.29, 0.717) is 6.61 Å². The monoisotopic (exact) mass is 342 g/mol. The number of ether oxygens (including phenoxy) is 2. The van der Waals surface area contributed by atoms with Gasteiger partial charge in [-0.2, -0.15) is 0 Å². The second-order valence-corrected chi connectivity index (χ2v) is 7.02. The lowest BCUT2D eigenvalue weighted by Crippen LogP contribution is -2.22. The van der Waals surface area contributed by atoms with Crippen molar-refractivity contribution in [3.8, 4) is 0 Å². The number of unbranched alkanes of at least 4 members (excludes halogenated alkanes) is 11. The largest absolute Gasteiger partial charge is 0.457 e. The summed E-state index contributed by atoms with van der Waals surface area (Å²) in [5, 5.41) is 0. The Morgan fingerprint density at radius 2 is 1.08 bits per heavy atom. The Labute approximate surface area is 148 Å². The third-order valence-electron chi connectivity index (χ3n) is 3.95. The quantitative estimate of drug-likeness (QED) is 0.226. The fourth-order valence-corrected chi connectivity index (χ4v) is 2.47. The first-order valence-electron chi connectivity index (χ1n) is 9.91. The smallest absolute Gasteiger partial charge is 0.417 e. The molecular formula is C20H38O4. The standard InChI is InChI=1S/C20H38O4/c1-4-5-6-7-8-9-10-11-12-13-14-15-16-23-19(21)20(22)24-17-18(2)3/h18H,4-17H2,1-3H3. The first kappa shape index (κ1) is 22.9. The number of hydrogen-bond acceptors (Lipinski definition) is 4. The molecule has 0 amide bonds. The summed E-state index contributed by atoms with van der Waals surface area (Å²) in [6, 6.07) is 0. The van der Waals surface area contributed by atoms with E-state index in [4.69, 9.17) is 9.47 Å². The van der Waals surface area contributed by atoms with Gasteiger partial charge in [-0.3, -0.25) is 0 Å². The normalized spacial score (nSPS) is 10.8. The van der Waals surface area contributed by atoms with Gasteiger partial charge in [0.05, 0.1) is 13.2 Å². The highest BCUT2D eigenvalue weighted by Crippen LogP contribution is 2.11. The molecule has 0 rings (SSSR count). The summed E-state index contributed by atoms with van der Waals surface area (Å²) in [7, 11) is 0. The van der Waals surface area contributed by atoms with Crippen LogP contribution >= 0.6 is 0 Å². The van der Waals surface area contributed by atoms with Gasteiger partial charge in [0.2, 0.25) is 0 Å². The molecule has 4 heteroatoms. The van der Waals surface area contributed by atoms with Crippen LogP contribution in [0.4, 0.5) is 0 Å². The van der Waals surface area contributed by atoms with Gasteiger partial charge in [-0.05, 0) is 12.3 Å². The van der Waals surface area contributed by atoms with E-state index >= 15 is 0 Å². The molecule has 0 aromatic heterocycles. The topological polar surface area (TPSA) is 52.6 Å². The SMILES string of the molecule is CCCCCCCCCCCCCCOC(=O)C(=O)OCC(C)C. The van der Waals surface area contributed by atoms with Crippen molar-refractivity contribution in [3.05, 3.63) is 0 Å². The lowest BCUT2D eigenvalue weighted by molar-refractivity contribution is -0.168. The molecule has 0 aliphatic rings. The Balaban J connectivity index is 3.27. The number of carbonyl (C=O) groups excluding carboxylic acids is 2. The molecule has 0 bridgehead atoms. The number of esters is 2. The molecule has 0 heterocycles. The van der Waals surface area contributed by atoms with Crippen molar-refractivity contribution in [2.45, 2.75) is 97.8 Å². The predicted octanol–water partition coefficient (Wildman–Crippen LogP) is 5.43. The van der Waals surface area contributed by atoms with Crippen LogP contribution in [0.1, 0.15) is 97.8 Å². The van der Waals surface area contributed by atoms with E-state index in [1.54, 1.807) is 0 Å². The number of rotatable bonds is 15. The molecule has 4 nitrogen and oxygen atoms in total. The molecule has 0 aliphatic heterocycles. The van der Waals surface area contributed by atoms with Crippen LogP contribution in [0.25, 0.3) is 0 Å². The highest BCUT2D eigenvalue weighted by atomic mass is 16.6. The fraction of sp³-hybridized carbons (Fsp3) is 0.900. The van der Waals surface area contributed by atoms with Crippen molar-refractivity contribution < 1.29 is 19.1 Å². The minimum absolute atomic E-state index is 0.220. The summed E-state index contributed by atoms with van der Waals surface area (Å²) >= 11 is 0. The van der Waals surface area contributed by atoms with Gasteiger partial charge in [-0.15, -0.1) is 0 Å². The minimum Gasteiger partial charge on any atom is -0.457 e. The van der Waals surface area contributed by atoms with E-state index in [2.05, 4.69) is 6.92 Å². The maximum atomic E-state index is 11.4. The molecule has 0 spiro atoms. The molecule has 0 unspecified atom stereocenters. The van der Waals surface area contributed by atoms with Crippen LogP contribution in [0.15, 0.2) is 0 Å². The molecule has 142 valence electrons. The minimum atomic E-state index is -0.873. The Morgan fingerprint density at radius 1 is 0.667 bits per heavy atom. The van der Waals surface area contributed by atoms with Crippen molar-refractivity contribution in [1.29, 1.82) is 0 Å². The fourth-order valence-electron chi connectivity index (χ4n) is 2.47. The molecule has 0 atom stereocenters. The average molecular weight is 343 g/mol. The van der Waals surface area contributed by atoms with Crippen molar-refractivity contribution in [3.63, 3.8) is 0 Å². The highest BCUT2D eigenvalue weighted by molar-refractivity contribution is 6.29. The van der Waals surface area contributed by atoms with Crippen LogP contribution in [0.5, 0.6) is 0 Å². The van der Waals surface area contributed by atoms with E-state index in [9.17, 15) is 9.59 Å². The molecule has 0 aromatic carbocycles. The maximum absolute atomic E-state index is 11.4. The van der Waals surface area contributed by atoms with Crippen LogP contribution in [0.3, 0.4) is 0 Å². The maximum Gasteiger partial charge on any atom is 0.417 e. The summed E-state index contributed by atoms with van der Waals surface area (Å²) in [6.07, 6.45) is 15.1. The Hall–Kier alpha value is -1.06. The molecular weight excluding hydrogens is 304 g/mol. The molecule has 0 saturated carbocycles. The molecule has 24 heavy (non-hydrogen) atoms. The summed E-state index contributed by atoms with van der Waals surface area (Å²) in [6.45, 7) is 6.66. The first-order valence-corrected chi connectivity index (χ1v) is 9.91. The van der Waals surface area contributed by atoms with Crippen molar-refractivity contribution >= 4 is 11.9 Å².